The maximum Gasteiger partial charge on any atom is 0.288 e. The first-order valence-electron chi connectivity index (χ1n) is 9.09. The number of nitro groups is 1. The number of amides is 1. The maximum atomic E-state index is 12.7. The number of rotatable bonds is 6. The summed E-state index contributed by atoms with van der Waals surface area (Å²) < 4.78 is 26.8. The molecule has 1 aliphatic heterocycles. The predicted molar refractivity (Wildman–Crippen MR) is 112 cm³/mol. The molecule has 2 aromatic rings. The second-order valence-corrected chi connectivity index (χ2v) is 9.05. The average Bonchev–Trinajstić information content (AvgIpc) is 3.28. The fourth-order valence-corrected chi connectivity index (χ4v) is 4.77. The molecule has 1 aliphatic rings. The minimum absolute atomic E-state index is 0.00314. The van der Waals surface area contributed by atoms with E-state index in [4.69, 9.17) is 11.6 Å². The summed E-state index contributed by atoms with van der Waals surface area (Å²) in [6.45, 7) is 2.51. The Morgan fingerprint density at radius 1 is 1.17 bits per heavy atom. The number of nitro benzene ring substituents is 1. The molecule has 0 bridgehead atoms. The standard InChI is InChI=1S/C19H19ClN4O5S/c1-13(14-7-8-17(20)18(12-14)24(26)27)21-22-19(25)15-5-4-6-16(11-15)30(28,29)23-9-2-3-10-23/h4-8,11-12H,2-3,9-10H2,1H3,(H,22,25)/b21-13+. The molecule has 3 rings (SSSR count). The molecule has 158 valence electrons. The molecule has 1 N–H and O–H groups in total. The van der Waals surface area contributed by atoms with Crippen molar-refractivity contribution in [1.29, 1.82) is 0 Å². The van der Waals surface area contributed by atoms with Gasteiger partial charge in [-0.3, -0.25) is 14.9 Å². The van der Waals surface area contributed by atoms with E-state index in [2.05, 4.69) is 10.5 Å². The second kappa shape index (κ2) is 8.90. The Balaban J connectivity index is 1.78. The Labute approximate surface area is 178 Å². The molecule has 0 aliphatic carbocycles. The first-order valence-corrected chi connectivity index (χ1v) is 10.9. The van der Waals surface area contributed by atoms with Crippen molar-refractivity contribution in [2.24, 2.45) is 5.10 Å². The van der Waals surface area contributed by atoms with Gasteiger partial charge in [0.15, 0.2) is 0 Å². The summed E-state index contributed by atoms with van der Waals surface area (Å²) >= 11 is 5.80. The third-order valence-electron chi connectivity index (χ3n) is 4.68. The minimum atomic E-state index is -3.64. The Bertz CT molecular complexity index is 1130. The Morgan fingerprint density at radius 2 is 1.87 bits per heavy atom. The lowest BCUT2D eigenvalue weighted by Crippen LogP contribution is -2.28. The van der Waals surface area contributed by atoms with Crippen LogP contribution in [0.15, 0.2) is 52.5 Å². The van der Waals surface area contributed by atoms with Crippen LogP contribution in [0, 0.1) is 10.1 Å². The fraction of sp³-hybridized carbons (Fsp3) is 0.263. The van der Waals surface area contributed by atoms with Gasteiger partial charge in [-0.05, 0) is 44.0 Å². The molecule has 1 amide bonds. The Hall–Kier alpha value is -2.82. The normalized spacial score (nSPS) is 15.2. The summed E-state index contributed by atoms with van der Waals surface area (Å²) in [6, 6.07) is 9.92. The summed E-state index contributed by atoms with van der Waals surface area (Å²) in [5.41, 5.74) is 2.95. The summed E-state index contributed by atoms with van der Waals surface area (Å²) in [4.78, 5) is 22.9. The van der Waals surface area contributed by atoms with Gasteiger partial charge in [-0.15, -0.1) is 0 Å². The van der Waals surface area contributed by atoms with Crippen molar-refractivity contribution in [3.63, 3.8) is 0 Å². The van der Waals surface area contributed by atoms with Crippen molar-refractivity contribution in [3.8, 4) is 0 Å². The Kier molecular flexibility index (Phi) is 6.49. The molecular weight excluding hydrogens is 432 g/mol. The summed E-state index contributed by atoms with van der Waals surface area (Å²) in [5.74, 6) is -0.601. The first kappa shape index (κ1) is 21.9. The highest BCUT2D eigenvalue weighted by molar-refractivity contribution is 7.89. The lowest BCUT2D eigenvalue weighted by atomic mass is 10.1. The zero-order valence-corrected chi connectivity index (χ0v) is 17.6. The van der Waals surface area contributed by atoms with Gasteiger partial charge in [-0.2, -0.15) is 9.41 Å². The fourth-order valence-electron chi connectivity index (χ4n) is 3.02. The van der Waals surface area contributed by atoms with Crippen molar-refractivity contribution in [1.82, 2.24) is 9.73 Å². The monoisotopic (exact) mass is 450 g/mol. The highest BCUT2D eigenvalue weighted by Gasteiger charge is 2.27. The molecule has 1 heterocycles. The topological polar surface area (TPSA) is 122 Å². The minimum Gasteiger partial charge on any atom is -0.267 e. The van der Waals surface area contributed by atoms with Crippen LogP contribution in [-0.4, -0.2) is 42.4 Å². The van der Waals surface area contributed by atoms with Crippen molar-refractivity contribution >= 4 is 38.9 Å². The summed E-state index contributed by atoms with van der Waals surface area (Å²) in [5, 5.41) is 15.0. The second-order valence-electron chi connectivity index (χ2n) is 6.70. The van der Waals surface area contributed by atoms with Crippen LogP contribution in [0.2, 0.25) is 5.02 Å². The first-order chi connectivity index (χ1) is 14.2. The number of benzene rings is 2. The number of hydrazone groups is 1. The van der Waals surface area contributed by atoms with Gasteiger partial charge in [0.1, 0.15) is 5.02 Å². The number of halogens is 1. The molecule has 1 saturated heterocycles. The van der Waals surface area contributed by atoms with Gasteiger partial charge >= 0.3 is 0 Å². The highest BCUT2D eigenvalue weighted by atomic mass is 35.5. The molecule has 1 fully saturated rings. The third kappa shape index (κ3) is 4.66. The molecule has 0 saturated carbocycles. The van der Waals surface area contributed by atoms with Crippen LogP contribution in [0.5, 0.6) is 0 Å². The van der Waals surface area contributed by atoms with Crippen LogP contribution in [0.25, 0.3) is 0 Å². The molecule has 0 atom stereocenters. The zero-order chi connectivity index (χ0) is 21.9. The van der Waals surface area contributed by atoms with Gasteiger partial charge in [0, 0.05) is 30.3 Å². The number of carbonyl (C=O) groups excluding carboxylic acids is 1. The van der Waals surface area contributed by atoms with Gasteiger partial charge in [0.2, 0.25) is 10.0 Å². The van der Waals surface area contributed by atoms with Gasteiger partial charge in [-0.25, -0.2) is 13.8 Å². The number of carbonyl (C=O) groups is 1. The third-order valence-corrected chi connectivity index (χ3v) is 6.90. The lowest BCUT2D eigenvalue weighted by Gasteiger charge is -2.15. The largest absolute Gasteiger partial charge is 0.288 e. The van der Waals surface area contributed by atoms with E-state index in [1.807, 2.05) is 0 Å². The van der Waals surface area contributed by atoms with Crippen molar-refractivity contribution in [2.45, 2.75) is 24.7 Å². The molecule has 30 heavy (non-hydrogen) atoms. The summed E-state index contributed by atoms with van der Waals surface area (Å²) in [6.07, 6.45) is 1.63. The van der Waals surface area contributed by atoms with E-state index in [0.717, 1.165) is 12.8 Å². The molecule has 0 spiro atoms. The van der Waals surface area contributed by atoms with Crippen LogP contribution in [0.4, 0.5) is 5.69 Å². The zero-order valence-electron chi connectivity index (χ0n) is 16.0. The van der Waals surface area contributed by atoms with Crippen LogP contribution >= 0.6 is 11.6 Å². The van der Waals surface area contributed by atoms with Gasteiger partial charge < -0.3 is 0 Å². The average molecular weight is 451 g/mol. The van der Waals surface area contributed by atoms with E-state index >= 15 is 0 Å². The van der Waals surface area contributed by atoms with Crippen LogP contribution < -0.4 is 5.43 Å². The Morgan fingerprint density at radius 3 is 2.53 bits per heavy atom. The van der Waals surface area contributed by atoms with E-state index in [-0.39, 0.29) is 21.2 Å². The molecule has 11 heteroatoms. The number of nitrogens with zero attached hydrogens (tertiary/aromatic N) is 3. The predicted octanol–water partition coefficient (Wildman–Crippen LogP) is 3.19. The number of hydrogen-bond acceptors (Lipinski definition) is 6. The highest BCUT2D eigenvalue weighted by Crippen LogP contribution is 2.25. The number of sulfonamides is 1. The van der Waals surface area contributed by atoms with Gasteiger partial charge in [0.25, 0.3) is 11.6 Å². The molecule has 9 nitrogen and oxygen atoms in total. The quantitative estimate of drug-likeness (QED) is 0.411. The van der Waals surface area contributed by atoms with Crippen molar-refractivity contribution in [3.05, 3.63) is 68.7 Å². The molecule has 0 unspecified atom stereocenters. The van der Waals surface area contributed by atoms with E-state index < -0.39 is 20.9 Å². The van der Waals surface area contributed by atoms with E-state index in [1.54, 1.807) is 13.0 Å². The van der Waals surface area contributed by atoms with Crippen LogP contribution in [0.1, 0.15) is 35.7 Å². The van der Waals surface area contributed by atoms with E-state index in [9.17, 15) is 23.3 Å². The van der Waals surface area contributed by atoms with E-state index in [1.165, 1.54) is 40.7 Å². The van der Waals surface area contributed by atoms with Crippen LogP contribution in [0.3, 0.4) is 0 Å². The van der Waals surface area contributed by atoms with Crippen LogP contribution in [-0.2, 0) is 10.0 Å². The molecule has 0 aromatic heterocycles. The van der Waals surface area contributed by atoms with Gasteiger partial charge in [-0.1, -0.05) is 23.7 Å². The van der Waals surface area contributed by atoms with Crippen molar-refractivity contribution in [2.75, 3.05) is 13.1 Å². The maximum absolute atomic E-state index is 12.7. The SMILES string of the molecule is C/C(=N\NC(=O)c1cccc(S(=O)(=O)N2CCCC2)c1)c1ccc(Cl)c([N+](=O)[O-])c1. The molecular formula is C19H19ClN4O5S. The lowest BCUT2D eigenvalue weighted by molar-refractivity contribution is -0.384. The molecule has 2 aromatic carbocycles. The van der Waals surface area contributed by atoms with Gasteiger partial charge in [0.05, 0.1) is 15.5 Å². The number of nitrogens with one attached hydrogen (secondary N) is 1. The van der Waals surface area contributed by atoms with Crippen molar-refractivity contribution < 1.29 is 18.1 Å². The number of hydrogen-bond donors (Lipinski definition) is 1. The smallest absolute Gasteiger partial charge is 0.267 e. The van der Waals surface area contributed by atoms with E-state index in [0.29, 0.717) is 24.4 Å². The molecule has 0 radical (unpaired) electrons. The summed E-state index contributed by atoms with van der Waals surface area (Å²) in [7, 11) is -3.64.